The van der Waals surface area contributed by atoms with Gasteiger partial charge in [0, 0.05) is 36.3 Å². The smallest absolute Gasteiger partial charge is 0.346 e. The molecule has 4 atom stereocenters. The number of pyridine rings is 1. The van der Waals surface area contributed by atoms with Crippen LogP contribution >= 0.6 is 0 Å². The number of rotatable bonds is 2. The van der Waals surface area contributed by atoms with Crippen LogP contribution < -0.4 is 16.6 Å². The van der Waals surface area contributed by atoms with Crippen LogP contribution in [0.5, 0.6) is 0 Å². The van der Waals surface area contributed by atoms with E-state index < -0.39 is 11.7 Å². The number of H-pyrrole nitrogens is 1. The van der Waals surface area contributed by atoms with Gasteiger partial charge in [0.1, 0.15) is 5.65 Å². The first-order chi connectivity index (χ1) is 12.4. The Balaban J connectivity index is 1.64. The van der Waals surface area contributed by atoms with Crippen LogP contribution in [-0.4, -0.2) is 28.5 Å². The fraction of sp³-hybridized carbons (Fsp3) is 0.529. The van der Waals surface area contributed by atoms with Crippen LogP contribution in [0.1, 0.15) is 36.3 Å². The van der Waals surface area contributed by atoms with Crippen LogP contribution in [0.3, 0.4) is 0 Å². The molecule has 1 saturated carbocycles. The fourth-order valence-electron chi connectivity index (χ4n) is 4.35. The number of hydrazine groups is 1. The van der Waals surface area contributed by atoms with Crippen molar-refractivity contribution in [3.8, 4) is 0 Å². The molecule has 2 fully saturated rings. The van der Waals surface area contributed by atoms with E-state index in [1.807, 2.05) is 0 Å². The molecule has 0 bridgehead atoms. The molecule has 1 saturated heterocycles. The van der Waals surface area contributed by atoms with Crippen LogP contribution in [0.15, 0.2) is 18.5 Å². The van der Waals surface area contributed by atoms with Gasteiger partial charge < -0.3 is 10.7 Å². The molecule has 1 amide bonds. The highest BCUT2D eigenvalue weighted by Gasteiger charge is 2.42. The fourth-order valence-corrected chi connectivity index (χ4v) is 4.35. The average molecular weight is 367 g/mol. The summed E-state index contributed by atoms with van der Waals surface area (Å²) in [7, 11) is 0. The molecule has 3 heterocycles. The summed E-state index contributed by atoms with van der Waals surface area (Å²) in [4.78, 5) is 18.8. The second kappa shape index (κ2) is 6.24. The van der Waals surface area contributed by atoms with Gasteiger partial charge in [0.2, 0.25) is 5.91 Å². The Morgan fingerprint density at radius 1 is 1.31 bits per heavy atom. The highest BCUT2D eigenvalue weighted by Crippen LogP contribution is 2.43. The summed E-state index contributed by atoms with van der Waals surface area (Å²) in [5, 5.41) is 0.0898. The monoisotopic (exact) mass is 367 g/mol. The molecule has 2 aromatic rings. The maximum Gasteiger partial charge on any atom is 0.418 e. The summed E-state index contributed by atoms with van der Waals surface area (Å²) in [5.74, 6) is -0.00477. The Bertz CT molecular complexity index is 833. The highest BCUT2D eigenvalue weighted by molar-refractivity contribution is 5.81. The van der Waals surface area contributed by atoms with Gasteiger partial charge >= 0.3 is 6.18 Å². The van der Waals surface area contributed by atoms with Crippen molar-refractivity contribution in [3.05, 3.63) is 29.6 Å². The molecule has 26 heavy (non-hydrogen) atoms. The number of fused-ring (bicyclic) bond motifs is 2. The zero-order valence-electron chi connectivity index (χ0n) is 13.9. The van der Waals surface area contributed by atoms with E-state index in [2.05, 4.69) is 20.8 Å². The van der Waals surface area contributed by atoms with Crippen molar-refractivity contribution >= 4 is 16.9 Å². The standard InChI is InChI=1S/C17H20F3N5O/c18-17(19,20)13-7-23-15-12(13)4-9(6-22-15)8-1-2-10-11(3-8)14(5-21)24-25-16(10)26/h4,6-8,10-11,14,24H,1-3,5,21H2,(H,22,23)(H,25,26). The van der Waals surface area contributed by atoms with Crippen molar-refractivity contribution in [1.29, 1.82) is 0 Å². The van der Waals surface area contributed by atoms with Crippen molar-refractivity contribution in [3.63, 3.8) is 0 Å². The van der Waals surface area contributed by atoms with Crippen molar-refractivity contribution in [2.75, 3.05) is 6.54 Å². The summed E-state index contributed by atoms with van der Waals surface area (Å²) in [6.07, 6.45) is 0.301. The van der Waals surface area contributed by atoms with Crippen LogP contribution in [-0.2, 0) is 11.0 Å². The zero-order chi connectivity index (χ0) is 18.5. The number of aromatic nitrogens is 2. The third-order valence-corrected chi connectivity index (χ3v) is 5.72. The molecule has 4 unspecified atom stereocenters. The maximum atomic E-state index is 13.2. The van der Waals surface area contributed by atoms with E-state index in [1.54, 1.807) is 12.3 Å². The minimum atomic E-state index is -4.42. The molecular formula is C17H20F3N5O. The molecule has 9 heteroatoms. The lowest BCUT2D eigenvalue weighted by molar-refractivity contribution is -0.136. The van der Waals surface area contributed by atoms with E-state index in [9.17, 15) is 18.0 Å². The molecule has 0 radical (unpaired) electrons. The Kier molecular flexibility index (Phi) is 4.15. The van der Waals surface area contributed by atoms with Gasteiger partial charge in [0.25, 0.3) is 0 Å². The first-order valence-electron chi connectivity index (χ1n) is 8.68. The van der Waals surface area contributed by atoms with Gasteiger partial charge in [-0.25, -0.2) is 10.4 Å². The third kappa shape index (κ3) is 2.84. The lowest BCUT2D eigenvalue weighted by atomic mass is 9.68. The van der Waals surface area contributed by atoms with Crippen molar-refractivity contribution < 1.29 is 18.0 Å². The molecular weight excluding hydrogens is 347 g/mol. The average Bonchev–Trinajstić information content (AvgIpc) is 3.05. The molecule has 2 aromatic heterocycles. The van der Waals surface area contributed by atoms with Crippen LogP contribution in [0, 0.1) is 11.8 Å². The number of carbonyl (C=O) groups is 1. The summed E-state index contributed by atoms with van der Waals surface area (Å²) >= 11 is 0. The molecule has 0 spiro atoms. The Morgan fingerprint density at radius 3 is 2.85 bits per heavy atom. The number of hydrogen-bond acceptors (Lipinski definition) is 4. The number of halogens is 3. The topological polar surface area (TPSA) is 95.8 Å². The maximum absolute atomic E-state index is 13.2. The molecule has 0 aromatic carbocycles. The van der Waals surface area contributed by atoms with E-state index in [0.717, 1.165) is 18.2 Å². The first kappa shape index (κ1) is 17.3. The van der Waals surface area contributed by atoms with Gasteiger partial charge in [-0.1, -0.05) is 0 Å². The van der Waals surface area contributed by atoms with E-state index in [-0.39, 0.29) is 40.7 Å². The summed E-state index contributed by atoms with van der Waals surface area (Å²) in [6.45, 7) is 0.390. The quantitative estimate of drug-likeness (QED) is 0.653. The van der Waals surface area contributed by atoms with Crippen LogP contribution in [0.25, 0.3) is 11.0 Å². The van der Waals surface area contributed by atoms with Crippen LogP contribution in [0.2, 0.25) is 0 Å². The van der Waals surface area contributed by atoms with Gasteiger partial charge in [-0.15, -0.1) is 0 Å². The number of nitrogens with one attached hydrogen (secondary N) is 3. The predicted molar refractivity (Wildman–Crippen MR) is 88.8 cm³/mol. The van der Waals surface area contributed by atoms with Gasteiger partial charge in [-0.05, 0) is 42.7 Å². The lowest BCUT2D eigenvalue weighted by Gasteiger charge is -2.43. The number of alkyl halides is 3. The molecule has 5 N–H and O–H groups in total. The summed E-state index contributed by atoms with van der Waals surface area (Å²) in [6, 6.07) is 1.55. The van der Waals surface area contributed by atoms with Crippen molar-refractivity contribution in [2.45, 2.75) is 37.4 Å². The van der Waals surface area contributed by atoms with E-state index >= 15 is 0 Å². The second-order valence-corrected chi connectivity index (χ2v) is 7.12. The van der Waals surface area contributed by atoms with E-state index in [4.69, 9.17) is 5.73 Å². The Hall–Kier alpha value is -2.13. The van der Waals surface area contributed by atoms with Gasteiger partial charge in [-0.3, -0.25) is 10.2 Å². The summed E-state index contributed by atoms with van der Waals surface area (Å²) < 4.78 is 39.5. The number of aromatic amines is 1. The SMILES string of the molecule is NCC1NNC(=O)C2CCC(c3cnc4[nH]cc(C(F)(F)F)c4c3)CC12. The largest absolute Gasteiger partial charge is 0.418 e. The second-order valence-electron chi connectivity index (χ2n) is 7.12. The molecule has 1 aliphatic heterocycles. The Morgan fingerprint density at radius 2 is 2.12 bits per heavy atom. The number of carbonyl (C=O) groups excluding carboxylic acids is 1. The number of nitrogens with two attached hydrogens (primary N) is 1. The minimum absolute atomic E-state index is 0.0308. The molecule has 140 valence electrons. The van der Waals surface area contributed by atoms with Gasteiger partial charge in [0.15, 0.2) is 0 Å². The Labute approximate surface area is 147 Å². The molecule has 1 aliphatic carbocycles. The zero-order valence-corrected chi connectivity index (χ0v) is 13.9. The predicted octanol–water partition coefficient (Wildman–Crippen LogP) is 2.04. The molecule has 2 aliphatic rings. The molecule has 6 nitrogen and oxygen atoms in total. The van der Waals surface area contributed by atoms with Gasteiger partial charge in [-0.2, -0.15) is 13.2 Å². The summed E-state index contributed by atoms with van der Waals surface area (Å²) in [5.41, 5.74) is 11.7. The third-order valence-electron chi connectivity index (χ3n) is 5.72. The van der Waals surface area contributed by atoms with E-state index in [1.165, 1.54) is 0 Å². The minimum Gasteiger partial charge on any atom is -0.346 e. The number of nitrogens with zero attached hydrogens (tertiary/aromatic N) is 1. The molecule has 4 rings (SSSR count). The highest BCUT2D eigenvalue weighted by atomic mass is 19.4. The normalized spacial score (nSPS) is 29.5. The van der Waals surface area contributed by atoms with Crippen molar-refractivity contribution in [1.82, 2.24) is 20.8 Å². The number of amides is 1. The first-order valence-corrected chi connectivity index (χ1v) is 8.68. The van der Waals surface area contributed by atoms with Crippen LogP contribution in [0.4, 0.5) is 13.2 Å². The van der Waals surface area contributed by atoms with Crippen molar-refractivity contribution in [2.24, 2.45) is 17.6 Å². The van der Waals surface area contributed by atoms with E-state index in [0.29, 0.717) is 19.4 Å². The number of hydrogen-bond donors (Lipinski definition) is 4. The van der Waals surface area contributed by atoms with Gasteiger partial charge in [0.05, 0.1) is 5.56 Å². The lowest BCUT2D eigenvalue weighted by Crippen LogP contribution is -2.62.